The van der Waals surface area contributed by atoms with Crippen LogP contribution in [0.2, 0.25) is 0 Å². The molecule has 1 aromatic rings. The second-order valence-corrected chi connectivity index (χ2v) is 4.46. The summed E-state index contributed by atoms with van der Waals surface area (Å²) in [7, 11) is 0. The zero-order valence-electron chi connectivity index (χ0n) is 9.66. The molecule has 0 aliphatic carbocycles. The molecule has 0 aliphatic rings. The second-order valence-electron chi connectivity index (χ2n) is 3.63. The van der Waals surface area contributed by atoms with Gasteiger partial charge in [0.2, 0.25) is 0 Å². The Kier molecular flexibility index (Phi) is 5.47. The molecule has 0 amide bonds. The first-order valence-corrected chi connectivity index (χ1v) is 6.61. The second kappa shape index (κ2) is 6.67. The van der Waals surface area contributed by atoms with E-state index < -0.39 is 0 Å². The van der Waals surface area contributed by atoms with E-state index >= 15 is 0 Å². The summed E-state index contributed by atoms with van der Waals surface area (Å²) in [5.41, 5.74) is 0. The van der Waals surface area contributed by atoms with E-state index in [0.29, 0.717) is 6.04 Å². The number of thioether (sulfide) groups is 1. The van der Waals surface area contributed by atoms with E-state index in [2.05, 4.69) is 29.1 Å². The van der Waals surface area contributed by atoms with E-state index in [1.54, 1.807) is 18.1 Å². The highest BCUT2D eigenvalue weighted by molar-refractivity contribution is 7.98. The average molecular weight is 225 g/mol. The number of hydrogen-bond acceptors (Lipinski definition) is 4. The summed E-state index contributed by atoms with van der Waals surface area (Å²) >= 11 is 1.64. The van der Waals surface area contributed by atoms with Gasteiger partial charge in [0.1, 0.15) is 17.2 Å². The van der Waals surface area contributed by atoms with Crippen LogP contribution in [0.15, 0.2) is 17.4 Å². The van der Waals surface area contributed by atoms with Crippen LogP contribution in [0, 0.1) is 0 Å². The van der Waals surface area contributed by atoms with Crippen LogP contribution in [-0.2, 0) is 0 Å². The summed E-state index contributed by atoms with van der Waals surface area (Å²) in [6, 6.07) is 2.47. The highest BCUT2D eigenvalue weighted by Crippen LogP contribution is 2.15. The van der Waals surface area contributed by atoms with Crippen molar-refractivity contribution in [2.45, 2.75) is 44.2 Å². The molecular weight excluding hydrogens is 206 g/mol. The van der Waals surface area contributed by atoms with E-state index in [0.717, 1.165) is 10.8 Å². The van der Waals surface area contributed by atoms with Crippen LogP contribution in [0.1, 0.15) is 33.1 Å². The third-order valence-corrected chi connectivity index (χ3v) is 2.88. The highest BCUT2D eigenvalue weighted by atomic mass is 32.2. The largest absolute Gasteiger partial charge is 0.367 e. The van der Waals surface area contributed by atoms with Gasteiger partial charge in [-0.2, -0.15) is 0 Å². The Morgan fingerprint density at radius 2 is 2.27 bits per heavy atom. The van der Waals surface area contributed by atoms with E-state index in [9.17, 15) is 0 Å². The molecule has 1 aromatic heterocycles. The summed E-state index contributed by atoms with van der Waals surface area (Å²) in [5, 5.41) is 4.40. The van der Waals surface area contributed by atoms with Gasteiger partial charge in [0.05, 0.1) is 0 Å². The summed E-state index contributed by atoms with van der Waals surface area (Å²) < 4.78 is 0. The van der Waals surface area contributed by atoms with Crippen LogP contribution in [0.3, 0.4) is 0 Å². The molecule has 0 fully saturated rings. The Morgan fingerprint density at radius 1 is 1.47 bits per heavy atom. The molecule has 1 N–H and O–H groups in total. The van der Waals surface area contributed by atoms with Crippen molar-refractivity contribution >= 4 is 17.6 Å². The minimum absolute atomic E-state index is 0.481. The molecule has 4 heteroatoms. The van der Waals surface area contributed by atoms with E-state index in [1.165, 1.54) is 19.3 Å². The normalized spacial score (nSPS) is 12.5. The third kappa shape index (κ3) is 4.51. The molecule has 3 nitrogen and oxygen atoms in total. The van der Waals surface area contributed by atoms with Crippen molar-refractivity contribution < 1.29 is 0 Å². The number of rotatable bonds is 6. The van der Waals surface area contributed by atoms with Gasteiger partial charge >= 0.3 is 0 Å². The predicted molar refractivity (Wildman–Crippen MR) is 66.4 cm³/mol. The average Bonchev–Trinajstić information content (AvgIpc) is 2.26. The monoisotopic (exact) mass is 225 g/mol. The van der Waals surface area contributed by atoms with Crippen molar-refractivity contribution in [1.82, 2.24) is 9.97 Å². The molecule has 0 aromatic carbocycles. The maximum Gasteiger partial charge on any atom is 0.130 e. The molecular formula is C11H19N3S. The number of unbranched alkanes of at least 4 members (excludes halogenated alkanes) is 1. The SMILES string of the molecule is CCCCC(C)Nc1cc(SC)ncn1. The lowest BCUT2D eigenvalue weighted by Gasteiger charge is -2.13. The zero-order valence-corrected chi connectivity index (χ0v) is 10.5. The minimum Gasteiger partial charge on any atom is -0.367 e. The van der Waals surface area contributed by atoms with Crippen molar-refractivity contribution in [1.29, 1.82) is 0 Å². The molecule has 15 heavy (non-hydrogen) atoms. The molecule has 0 bridgehead atoms. The smallest absolute Gasteiger partial charge is 0.130 e. The van der Waals surface area contributed by atoms with E-state index in [-0.39, 0.29) is 0 Å². The summed E-state index contributed by atoms with van der Waals surface area (Å²) in [6.07, 6.45) is 7.32. The fourth-order valence-electron chi connectivity index (χ4n) is 1.36. The lowest BCUT2D eigenvalue weighted by molar-refractivity contribution is 0.642. The fourth-order valence-corrected chi connectivity index (χ4v) is 1.75. The molecule has 0 saturated heterocycles. The Labute approximate surface area is 96.1 Å². The number of hydrogen-bond donors (Lipinski definition) is 1. The van der Waals surface area contributed by atoms with Crippen molar-refractivity contribution in [3.8, 4) is 0 Å². The molecule has 1 heterocycles. The highest BCUT2D eigenvalue weighted by Gasteiger charge is 2.03. The Morgan fingerprint density at radius 3 is 2.93 bits per heavy atom. The van der Waals surface area contributed by atoms with Gasteiger partial charge in [-0.15, -0.1) is 11.8 Å². The van der Waals surface area contributed by atoms with Crippen molar-refractivity contribution in [3.05, 3.63) is 12.4 Å². The molecule has 1 rings (SSSR count). The van der Waals surface area contributed by atoms with E-state index in [4.69, 9.17) is 0 Å². The Hall–Kier alpha value is -0.770. The minimum atomic E-state index is 0.481. The first-order valence-electron chi connectivity index (χ1n) is 5.38. The number of nitrogens with one attached hydrogen (secondary N) is 1. The first-order chi connectivity index (χ1) is 7.26. The molecule has 0 aliphatic heterocycles. The van der Waals surface area contributed by atoms with Crippen LogP contribution >= 0.6 is 11.8 Å². The molecule has 0 spiro atoms. The maximum absolute atomic E-state index is 4.20. The van der Waals surface area contributed by atoms with Crippen molar-refractivity contribution in [3.63, 3.8) is 0 Å². The molecule has 1 atom stereocenters. The lowest BCUT2D eigenvalue weighted by Crippen LogP contribution is -2.15. The van der Waals surface area contributed by atoms with Crippen LogP contribution in [-0.4, -0.2) is 22.3 Å². The predicted octanol–water partition coefficient (Wildman–Crippen LogP) is 3.19. The third-order valence-electron chi connectivity index (χ3n) is 2.24. The summed E-state index contributed by atoms with van der Waals surface area (Å²) in [4.78, 5) is 8.34. The molecule has 0 saturated carbocycles. The fraction of sp³-hybridized carbons (Fsp3) is 0.636. The van der Waals surface area contributed by atoms with E-state index in [1.807, 2.05) is 12.3 Å². The number of aromatic nitrogens is 2. The van der Waals surface area contributed by atoms with Gasteiger partial charge < -0.3 is 5.32 Å². The van der Waals surface area contributed by atoms with Crippen LogP contribution in [0.4, 0.5) is 5.82 Å². The van der Waals surface area contributed by atoms with Gasteiger partial charge in [-0.3, -0.25) is 0 Å². The molecule has 84 valence electrons. The summed E-state index contributed by atoms with van der Waals surface area (Å²) in [5.74, 6) is 0.929. The van der Waals surface area contributed by atoms with Gasteiger partial charge in [-0.1, -0.05) is 19.8 Å². The Bertz CT molecular complexity index is 291. The van der Waals surface area contributed by atoms with Gasteiger partial charge in [0, 0.05) is 12.1 Å². The van der Waals surface area contributed by atoms with Gasteiger partial charge in [-0.25, -0.2) is 9.97 Å². The number of anilines is 1. The molecule has 0 radical (unpaired) electrons. The van der Waals surface area contributed by atoms with Crippen LogP contribution in [0.5, 0.6) is 0 Å². The van der Waals surface area contributed by atoms with Crippen LogP contribution < -0.4 is 5.32 Å². The van der Waals surface area contributed by atoms with Gasteiger partial charge in [-0.05, 0) is 19.6 Å². The first kappa shape index (κ1) is 12.3. The van der Waals surface area contributed by atoms with Gasteiger partial charge in [0.15, 0.2) is 0 Å². The Balaban J connectivity index is 2.48. The standard InChI is InChI=1S/C11H19N3S/c1-4-5-6-9(2)14-10-7-11(15-3)13-8-12-10/h7-9H,4-6H2,1-3H3,(H,12,13,14). The topological polar surface area (TPSA) is 37.8 Å². The summed E-state index contributed by atoms with van der Waals surface area (Å²) in [6.45, 7) is 4.40. The van der Waals surface area contributed by atoms with Crippen molar-refractivity contribution in [2.75, 3.05) is 11.6 Å². The lowest BCUT2D eigenvalue weighted by atomic mass is 10.1. The number of nitrogens with zero attached hydrogens (tertiary/aromatic N) is 2. The van der Waals surface area contributed by atoms with Gasteiger partial charge in [0.25, 0.3) is 0 Å². The quantitative estimate of drug-likeness (QED) is 0.596. The maximum atomic E-state index is 4.20. The van der Waals surface area contributed by atoms with Crippen molar-refractivity contribution in [2.24, 2.45) is 0 Å². The molecule has 1 unspecified atom stereocenters. The zero-order chi connectivity index (χ0) is 11.1. The van der Waals surface area contributed by atoms with Crippen LogP contribution in [0.25, 0.3) is 0 Å².